The van der Waals surface area contributed by atoms with Gasteiger partial charge in [-0.2, -0.15) is 0 Å². The molecule has 12 heavy (non-hydrogen) atoms. The first-order chi connectivity index (χ1) is 5.52. The second kappa shape index (κ2) is 3.11. The van der Waals surface area contributed by atoms with Gasteiger partial charge in [-0.3, -0.25) is 4.79 Å². The molecule has 0 atom stereocenters. The summed E-state index contributed by atoms with van der Waals surface area (Å²) >= 11 is 5.55. The molecule has 0 amide bonds. The number of hydrogen-bond acceptors (Lipinski definition) is 2. The first-order valence-corrected chi connectivity index (χ1v) is 3.59. The van der Waals surface area contributed by atoms with E-state index in [9.17, 15) is 9.18 Å². The zero-order valence-corrected chi connectivity index (χ0v) is 7.02. The number of Topliss-reactive ketones (excluding diaryl/α,β-unsaturated/α-hetero) is 1. The summed E-state index contributed by atoms with van der Waals surface area (Å²) in [5.41, 5.74) is 0.0759. The number of phenolic OH excluding ortho intramolecular Hbond substituents is 1. The number of ketones is 1. The molecule has 0 aliphatic rings. The van der Waals surface area contributed by atoms with Gasteiger partial charge in [0.15, 0.2) is 17.3 Å². The van der Waals surface area contributed by atoms with Crippen LogP contribution in [0.1, 0.15) is 17.3 Å². The molecule has 2 nitrogen and oxygen atoms in total. The van der Waals surface area contributed by atoms with Crippen molar-refractivity contribution in [3.05, 3.63) is 28.5 Å². The topological polar surface area (TPSA) is 37.3 Å². The third-order valence-corrected chi connectivity index (χ3v) is 1.73. The summed E-state index contributed by atoms with van der Waals surface area (Å²) in [7, 11) is 0. The molecule has 1 rings (SSSR count). The number of carbonyl (C=O) groups excluding carboxylic acids is 1. The van der Waals surface area contributed by atoms with Crippen molar-refractivity contribution < 1.29 is 14.3 Å². The van der Waals surface area contributed by atoms with Gasteiger partial charge in [-0.25, -0.2) is 4.39 Å². The van der Waals surface area contributed by atoms with E-state index in [1.54, 1.807) is 0 Å². The van der Waals surface area contributed by atoms with Crippen LogP contribution in [0.4, 0.5) is 4.39 Å². The Hall–Kier alpha value is -1.09. The highest BCUT2D eigenvalue weighted by molar-refractivity contribution is 6.34. The number of carbonyl (C=O) groups is 1. The molecule has 1 N–H and O–H groups in total. The van der Waals surface area contributed by atoms with E-state index in [1.165, 1.54) is 6.92 Å². The molecule has 0 radical (unpaired) electrons. The Balaban J connectivity index is 3.33. The molecule has 4 heteroatoms. The molecule has 0 fully saturated rings. The van der Waals surface area contributed by atoms with Crippen molar-refractivity contribution >= 4 is 17.4 Å². The molecule has 0 saturated carbocycles. The second-order valence-electron chi connectivity index (χ2n) is 2.34. The highest BCUT2D eigenvalue weighted by Crippen LogP contribution is 2.25. The molecule has 1 aromatic carbocycles. The van der Waals surface area contributed by atoms with E-state index in [0.717, 1.165) is 12.1 Å². The number of benzene rings is 1. The largest absolute Gasteiger partial charge is 0.505 e. The van der Waals surface area contributed by atoms with Gasteiger partial charge in [0.1, 0.15) is 0 Å². The van der Waals surface area contributed by atoms with E-state index in [-0.39, 0.29) is 16.4 Å². The standard InChI is InChI=1S/C8H6ClFO2/c1-4(11)5-2-7(10)8(12)3-6(5)9/h2-3,12H,1H3. The fraction of sp³-hybridized carbons (Fsp3) is 0.125. The molecule has 0 saturated heterocycles. The Morgan fingerprint density at radius 2 is 2.17 bits per heavy atom. The van der Waals surface area contributed by atoms with E-state index in [0.29, 0.717) is 0 Å². The average Bonchev–Trinajstić information content (AvgIpc) is 1.96. The summed E-state index contributed by atoms with van der Waals surface area (Å²) in [6, 6.07) is 1.92. The lowest BCUT2D eigenvalue weighted by Gasteiger charge is -2.00. The fourth-order valence-corrected chi connectivity index (χ4v) is 1.10. The van der Waals surface area contributed by atoms with Gasteiger partial charge in [-0.1, -0.05) is 11.6 Å². The molecular weight excluding hydrogens is 183 g/mol. The zero-order valence-electron chi connectivity index (χ0n) is 6.27. The van der Waals surface area contributed by atoms with Crippen LogP contribution in [0, 0.1) is 5.82 Å². The summed E-state index contributed by atoms with van der Waals surface area (Å²) < 4.78 is 12.7. The van der Waals surface area contributed by atoms with Gasteiger partial charge >= 0.3 is 0 Å². The van der Waals surface area contributed by atoms with Crippen LogP contribution in [0.2, 0.25) is 5.02 Å². The summed E-state index contributed by atoms with van der Waals surface area (Å²) in [6.45, 7) is 1.28. The maximum absolute atomic E-state index is 12.7. The van der Waals surface area contributed by atoms with E-state index in [4.69, 9.17) is 16.7 Å². The van der Waals surface area contributed by atoms with Crippen molar-refractivity contribution in [2.75, 3.05) is 0 Å². The highest BCUT2D eigenvalue weighted by Gasteiger charge is 2.10. The SMILES string of the molecule is CC(=O)c1cc(F)c(O)cc1Cl. The summed E-state index contributed by atoms with van der Waals surface area (Å²) in [4.78, 5) is 10.8. The predicted octanol–water partition coefficient (Wildman–Crippen LogP) is 2.39. The Kier molecular flexibility index (Phi) is 2.33. The smallest absolute Gasteiger partial charge is 0.165 e. The summed E-state index contributed by atoms with van der Waals surface area (Å²) in [6.07, 6.45) is 0. The Labute approximate surface area is 73.6 Å². The van der Waals surface area contributed by atoms with Crippen molar-refractivity contribution in [1.82, 2.24) is 0 Å². The van der Waals surface area contributed by atoms with Gasteiger partial charge in [0.2, 0.25) is 0 Å². The monoisotopic (exact) mass is 188 g/mol. The molecule has 1 aromatic rings. The molecule has 0 aliphatic heterocycles. The van der Waals surface area contributed by atoms with Crippen LogP contribution >= 0.6 is 11.6 Å². The van der Waals surface area contributed by atoms with Crippen molar-refractivity contribution in [3.8, 4) is 5.75 Å². The van der Waals surface area contributed by atoms with Crippen LogP contribution in [0.3, 0.4) is 0 Å². The lowest BCUT2D eigenvalue weighted by atomic mass is 10.1. The quantitative estimate of drug-likeness (QED) is 0.687. The van der Waals surface area contributed by atoms with Gasteiger partial charge in [0.05, 0.1) is 5.02 Å². The zero-order chi connectivity index (χ0) is 9.30. The van der Waals surface area contributed by atoms with Crippen LogP contribution in [0.25, 0.3) is 0 Å². The van der Waals surface area contributed by atoms with E-state index in [1.807, 2.05) is 0 Å². The number of hydrogen-bond donors (Lipinski definition) is 1. The van der Waals surface area contributed by atoms with Crippen molar-refractivity contribution in [3.63, 3.8) is 0 Å². The fourth-order valence-electron chi connectivity index (χ4n) is 0.806. The summed E-state index contributed by atoms with van der Waals surface area (Å²) in [5, 5.41) is 8.89. The van der Waals surface area contributed by atoms with E-state index < -0.39 is 11.6 Å². The van der Waals surface area contributed by atoms with Crippen LogP contribution < -0.4 is 0 Å². The van der Waals surface area contributed by atoms with E-state index >= 15 is 0 Å². The summed E-state index contributed by atoms with van der Waals surface area (Å²) in [5.74, 6) is -1.73. The molecule has 0 bridgehead atoms. The van der Waals surface area contributed by atoms with Crippen molar-refractivity contribution in [1.29, 1.82) is 0 Å². The van der Waals surface area contributed by atoms with Gasteiger partial charge < -0.3 is 5.11 Å². The van der Waals surface area contributed by atoms with Crippen LogP contribution in [-0.2, 0) is 0 Å². The number of rotatable bonds is 1. The van der Waals surface area contributed by atoms with Gasteiger partial charge in [-0.15, -0.1) is 0 Å². The molecule has 64 valence electrons. The Bertz CT molecular complexity index is 336. The van der Waals surface area contributed by atoms with Gasteiger partial charge in [0, 0.05) is 11.6 Å². The number of phenols is 1. The van der Waals surface area contributed by atoms with Crippen LogP contribution in [-0.4, -0.2) is 10.9 Å². The third-order valence-electron chi connectivity index (χ3n) is 1.42. The number of halogens is 2. The van der Waals surface area contributed by atoms with Crippen molar-refractivity contribution in [2.45, 2.75) is 6.92 Å². The Morgan fingerprint density at radius 1 is 1.58 bits per heavy atom. The van der Waals surface area contributed by atoms with Crippen LogP contribution in [0.15, 0.2) is 12.1 Å². The van der Waals surface area contributed by atoms with Gasteiger partial charge in [-0.05, 0) is 13.0 Å². The predicted molar refractivity (Wildman–Crippen MR) is 43.1 cm³/mol. The Morgan fingerprint density at radius 3 is 2.67 bits per heavy atom. The molecule has 0 unspecified atom stereocenters. The third kappa shape index (κ3) is 1.56. The lowest BCUT2D eigenvalue weighted by molar-refractivity contribution is 0.101. The van der Waals surface area contributed by atoms with E-state index in [2.05, 4.69) is 0 Å². The number of aromatic hydroxyl groups is 1. The minimum absolute atomic E-state index is 0.0569. The van der Waals surface area contributed by atoms with Crippen molar-refractivity contribution in [2.24, 2.45) is 0 Å². The normalized spacial score (nSPS) is 9.92. The highest BCUT2D eigenvalue weighted by atomic mass is 35.5. The first-order valence-electron chi connectivity index (χ1n) is 3.21. The maximum atomic E-state index is 12.7. The average molecular weight is 189 g/mol. The molecule has 0 spiro atoms. The lowest BCUT2D eigenvalue weighted by Crippen LogP contribution is -1.94. The molecule has 0 heterocycles. The maximum Gasteiger partial charge on any atom is 0.165 e. The first kappa shape index (κ1) is 9.00. The molecule has 0 aromatic heterocycles. The second-order valence-corrected chi connectivity index (χ2v) is 2.75. The molecular formula is C8H6ClFO2. The van der Waals surface area contributed by atoms with Crippen LogP contribution in [0.5, 0.6) is 5.75 Å². The van der Waals surface area contributed by atoms with Gasteiger partial charge in [0.25, 0.3) is 0 Å². The molecule has 0 aliphatic carbocycles. The minimum atomic E-state index is -0.843. The minimum Gasteiger partial charge on any atom is -0.505 e.